The van der Waals surface area contributed by atoms with E-state index in [4.69, 9.17) is 21.1 Å². The summed E-state index contributed by atoms with van der Waals surface area (Å²) < 4.78 is 10.1. The standard InChI is InChI=1S/C14H17ClO4/c1-14(2,9-15)13(17)19-8-11(16)10-6-4-5-7-12(10)18-3/h4-7H,8-9H2,1-3H3. The third-order valence-electron chi connectivity index (χ3n) is 2.63. The maximum atomic E-state index is 12.0. The second-order valence-electron chi connectivity index (χ2n) is 4.72. The number of benzene rings is 1. The lowest BCUT2D eigenvalue weighted by Crippen LogP contribution is -2.30. The van der Waals surface area contributed by atoms with Crippen LogP contribution in [0.4, 0.5) is 0 Å². The largest absolute Gasteiger partial charge is 0.496 e. The van der Waals surface area contributed by atoms with Gasteiger partial charge < -0.3 is 9.47 Å². The fourth-order valence-electron chi connectivity index (χ4n) is 1.33. The van der Waals surface area contributed by atoms with Crippen LogP contribution in [0.3, 0.4) is 0 Å². The summed E-state index contributed by atoms with van der Waals surface area (Å²) in [7, 11) is 1.48. The second kappa shape index (κ2) is 6.57. The van der Waals surface area contributed by atoms with Gasteiger partial charge >= 0.3 is 5.97 Å². The maximum absolute atomic E-state index is 12.0. The number of ether oxygens (including phenoxy) is 2. The number of esters is 1. The van der Waals surface area contributed by atoms with Crippen molar-refractivity contribution >= 4 is 23.4 Å². The van der Waals surface area contributed by atoms with E-state index in [1.54, 1.807) is 38.1 Å². The first-order valence-electron chi connectivity index (χ1n) is 5.82. The molecule has 19 heavy (non-hydrogen) atoms. The van der Waals surface area contributed by atoms with E-state index in [9.17, 15) is 9.59 Å². The zero-order valence-corrected chi connectivity index (χ0v) is 12.0. The van der Waals surface area contributed by atoms with Gasteiger partial charge in [0, 0.05) is 5.88 Å². The zero-order valence-electron chi connectivity index (χ0n) is 11.2. The van der Waals surface area contributed by atoms with E-state index in [-0.39, 0.29) is 18.3 Å². The summed E-state index contributed by atoms with van der Waals surface area (Å²) in [6.45, 7) is 3.01. The lowest BCUT2D eigenvalue weighted by molar-refractivity contribution is -0.151. The molecule has 5 heteroatoms. The number of carbonyl (C=O) groups excluding carboxylic acids is 2. The summed E-state index contributed by atoms with van der Waals surface area (Å²) in [5.41, 5.74) is -0.413. The van der Waals surface area contributed by atoms with E-state index in [1.165, 1.54) is 7.11 Å². The molecular formula is C14H17ClO4. The first-order valence-corrected chi connectivity index (χ1v) is 6.35. The molecule has 0 amide bonds. The van der Waals surface area contributed by atoms with E-state index >= 15 is 0 Å². The molecule has 0 aliphatic heterocycles. The van der Waals surface area contributed by atoms with Gasteiger partial charge in [0.15, 0.2) is 6.61 Å². The van der Waals surface area contributed by atoms with Gasteiger partial charge in [0.05, 0.1) is 18.1 Å². The van der Waals surface area contributed by atoms with Crippen LogP contribution in [-0.4, -0.2) is 31.3 Å². The Morgan fingerprint density at radius 1 is 1.26 bits per heavy atom. The Bertz CT molecular complexity index is 468. The molecule has 0 fully saturated rings. The molecule has 0 heterocycles. The molecule has 0 saturated heterocycles. The predicted molar refractivity (Wildman–Crippen MR) is 72.8 cm³/mol. The summed E-state index contributed by atoms with van der Waals surface area (Å²) >= 11 is 5.66. The van der Waals surface area contributed by atoms with Crippen LogP contribution in [0.1, 0.15) is 24.2 Å². The molecule has 1 rings (SSSR count). The summed E-state index contributed by atoms with van der Waals surface area (Å²) in [4.78, 5) is 23.6. The van der Waals surface area contributed by atoms with Crippen LogP contribution >= 0.6 is 11.6 Å². The Hall–Kier alpha value is -1.55. The summed E-state index contributed by atoms with van der Waals surface area (Å²) in [6.07, 6.45) is 0. The number of methoxy groups -OCH3 is 1. The first-order chi connectivity index (χ1) is 8.92. The number of hydrogen-bond acceptors (Lipinski definition) is 4. The van der Waals surface area contributed by atoms with E-state index in [0.29, 0.717) is 11.3 Å². The van der Waals surface area contributed by atoms with Crippen LogP contribution in [0.5, 0.6) is 5.75 Å². The van der Waals surface area contributed by atoms with Gasteiger partial charge in [0.1, 0.15) is 5.75 Å². The van der Waals surface area contributed by atoms with E-state index in [2.05, 4.69) is 0 Å². The number of Topliss-reactive ketones (excluding diaryl/α,β-unsaturated/α-hetero) is 1. The SMILES string of the molecule is COc1ccccc1C(=O)COC(=O)C(C)(C)CCl. The molecule has 0 aliphatic carbocycles. The molecule has 1 aromatic rings. The van der Waals surface area contributed by atoms with Crippen molar-refractivity contribution in [2.75, 3.05) is 19.6 Å². The highest BCUT2D eigenvalue weighted by molar-refractivity contribution is 6.19. The van der Waals surface area contributed by atoms with Crippen molar-refractivity contribution in [2.24, 2.45) is 5.41 Å². The van der Waals surface area contributed by atoms with Crippen LogP contribution < -0.4 is 4.74 Å². The van der Waals surface area contributed by atoms with Crippen LogP contribution in [-0.2, 0) is 9.53 Å². The zero-order chi connectivity index (χ0) is 14.5. The fraction of sp³-hybridized carbons (Fsp3) is 0.429. The molecule has 0 atom stereocenters. The molecular weight excluding hydrogens is 268 g/mol. The van der Waals surface area contributed by atoms with E-state index in [0.717, 1.165) is 0 Å². The average molecular weight is 285 g/mol. The van der Waals surface area contributed by atoms with E-state index in [1.807, 2.05) is 0 Å². The van der Waals surface area contributed by atoms with Gasteiger partial charge in [0.25, 0.3) is 0 Å². The maximum Gasteiger partial charge on any atom is 0.313 e. The van der Waals surface area contributed by atoms with Crippen molar-refractivity contribution in [3.05, 3.63) is 29.8 Å². The average Bonchev–Trinajstić information content (AvgIpc) is 2.44. The van der Waals surface area contributed by atoms with Gasteiger partial charge in [-0.15, -0.1) is 11.6 Å². The van der Waals surface area contributed by atoms with Crippen molar-refractivity contribution in [2.45, 2.75) is 13.8 Å². The van der Waals surface area contributed by atoms with Gasteiger partial charge in [-0.2, -0.15) is 0 Å². The molecule has 0 radical (unpaired) electrons. The van der Waals surface area contributed by atoms with Crippen molar-refractivity contribution in [3.8, 4) is 5.75 Å². The number of ketones is 1. The lowest BCUT2D eigenvalue weighted by atomic mass is 9.97. The number of carbonyl (C=O) groups is 2. The lowest BCUT2D eigenvalue weighted by Gasteiger charge is -2.19. The van der Waals surface area contributed by atoms with Gasteiger partial charge in [-0.3, -0.25) is 9.59 Å². The third-order valence-corrected chi connectivity index (χ3v) is 3.30. The molecule has 0 aromatic heterocycles. The minimum atomic E-state index is -0.803. The molecule has 0 unspecified atom stereocenters. The Morgan fingerprint density at radius 2 is 1.89 bits per heavy atom. The van der Waals surface area contributed by atoms with Crippen LogP contribution in [0.25, 0.3) is 0 Å². The topological polar surface area (TPSA) is 52.6 Å². The molecule has 0 N–H and O–H groups in total. The van der Waals surface area contributed by atoms with Gasteiger partial charge in [-0.1, -0.05) is 12.1 Å². The Balaban J connectivity index is 2.69. The van der Waals surface area contributed by atoms with Crippen LogP contribution in [0.2, 0.25) is 0 Å². The minimum Gasteiger partial charge on any atom is -0.496 e. The second-order valence-corrected chi connectivity index (χ2v) is 4.98. The third kappa shape index (κ3) is 3.96. The highest BCUT2D eigenvalue weighted by Crippen LogP contribution is 2.21. The van der Waals surface area contributed by atoms with Gasteiger partial charge in [0.2, 0.25) is 5.78 Å². The number of para-hydroxylation sites is 1. The van der Waals surface area contributed by atoms with Crippen molar-refractivity contribution in [1.82, 2.24) is 0 Å². The minimum absolute atomic E-state index is 0.134. The van der Waals surface area contributed by atoms with Crippen LogP contribution in [0.15, 0.2) is 24.3 Å². The number of rotatable bonds is 6. The van der Waals surface area contributed by atoms with E-state index < -0.39 is 11.4 Å². The fourth-order valence-corrected chi connectivity index (χ4v) is 1.44. The molecule has 0 saturated carbocycles. The summed E-state index contributed by atoms with van der Waals surface area (Å²) in [6, 6.07) is 6.79. The normalized spacial score (nSPS) is 10.9. The molecule has 104 valence electrons. The molecule has 1 aromatic carbocycles. The number of alkyl halides is 1. The Kier molecular flexibility index (Phi) is 5.36. The monoisotopic (exact) mass is 284 g/mol. The quantitative estimate of drug-likeness (QED) is 0.458. The van der Waals surface area contributed by atoms with Crippen molar-refractivity contribution < 1.29 is 19.1 Å². The van der Waals surface area contributed by atoms with Crippen molar-refractivity contribution in [1.29, 1.82) is 0 Å². The highest BCUT2D eigenvalue weighted by atomic mass is 35.5. The highest BCUT2D eigenvalue weighted by Gasteiger charge is 2.29. The smallest absolute Gasteiger partial charge is 0.313 e. The first kappa shape index (κ1) is 15.5. The molecule has 0 aliphatic rings. The number of hydrogen-bond donors (Lipinski definition) is 0. The predicted octanol–water partition coefficient (Wildman–Crippen LogP) is 2.69. The molecule has 4 nitrogen and oxygen atoms in total. The van der Waals surface area contributed by atoms with Gasteiger partial charge in [-0.25, -0.2) is 0 Å². The number of halogens is 1. The van der Waals surface area contributed by atoms with Gasteiger partial charge in [-0.05, 0) is 26.0 Å². The van der Waals surface area contributed by atoms with Crippen LogP contribution in [0, 0.1) is 5.41 Å². The Labute approximate surface area is 117 Å². The Morgan fingerprint density at radius 3 is 2.47 bits per heavy atom. The summed E-state index contributed by atoms with van der Waals surface area (Å²) in [5, 5.41) is 0. The van der Waals surface area contributed by atoms with Crippen molar-refractivity contribution in [3.63, 3.8) is 0 Å². The molecule has 0 spiro atoms. The summed E-state index contributed by atoms with van der Waals surface area (Å²) in [5.74, 6) is -0.212. The molecule has 0 bridgehead atoms.